The number of hydroxylamine groups is 1. The molecule has 1 unspecified atom stereocenters. The second-order valence-electron chi connectivity index (χ2n) is 5.02. The third-order valence-electron chi connectivity index (χ3n) is 2.96. The van der Waals surface area contributed by atoms with Crippen LogP contribution in [0.25, 0.3) is 0 Å². The fourth-order valence-corrected chi connectivity index (χ4v) is 2.02. The summed E-state index contributed by atoms with van der Waals surface area (Å²) in [5.41, 5.74) is 2.06. The van der Waals surface area contributed by atoms with Gasteiger partial charge in [0.25, 0.3) is 17.5 Å². The van der Waals surface area contributed by atoms with E-state index in [4.69, 9.17) is 16.4 Å². The van der Waals surface area contributed by atoms with Crippen molar-refractivity contribution in [1.82, 2.24) is 10.8 Å². The lowest BCUT2D eigenvalue weighted by molar-refractivity contribution is -0.384. The van der Waals surface area contributed by atoms with E-state index < -0.39 is 22.8 Å². The molecule has 0 bridgehead atoms. The molecule has 0 radical (unpaired) electrons. The maximum Gasteiger partial charge on any atom is 0.270 e. The number of carbonyl (C=O) groups excluding carboxylic acids is 2. The Kier molecular flexibility index (Phi) is 6.92. The average Bonchev–Trinajstić information content (AvgIpc) is 2.49. The number of halogens is 1. The zero-order valence-corrected chi connectivity index (χ0v) is 13.7. The van der Waals surface area contributed by atoms with Gasteiger partial charge in [0.1, 0.15) is 6.04 Å². The second-order valence-corrected chi connectivity index (χ2v) is 5.42. The van der Waals surface area contributed by atoms with Gasteiger partial charge in [-0.2, -0.15) is 0 Å². The van der Waals surface area contributed by atoms with Gasteiger partial charge < -0.3 is 5.32 Å². The summed E-state index contributed by atoms with van der Waals surface area (Å²) in [7, 11) is 0. The van der Waals surface area contributed by atoms with E-state index in [1.807, 2.05) is 0 Å². The summed E-state index contributed by atoms with van der Waals surface area (Å²) in [4.78, 5) is 39.1. The van der Waals surface area contributed by atoms with Crippen molar-refractivity contribution in [1.29, 1.82) is 0 Å². The Hall–Kier alpha value is -2.19. The van der Waals surface area contributed by atoms with Gasteiger partial charge in [-0.1, -0.05) is 25.4 Å². The Labute approximate surface area is 138 Å². The molecule has 8 nitrogen and oxygen atoms in total. The molecule has 0 heterocycles. The molecule has 0 aliphatic rings. The Bertz CT molecular complexity index is 606. The molecule has 0 fully saturated rings. The van der Waals surface area contributed by atoms with Crippen LogP contribution >= 0.6 is 11.6 Å². The number of hydrogen-bond donors (Lipinski definition) is 2. The number of nitrogens with zero attached hydrogens (tertiary/aromatic N) is 1. The zero-order chi connectivity index (χ0) is 17.6. The number of nitrogens with one attached hydrogen (secondary N) is 2. The van der Waals surface area contributed by atoms with Gasteiger partial charge in [0, 0.05) is 12.1 Å². The second kappa shape index (κ2) is 8.44. The number of benzene rings is 1. The maximum absolute atomic E-state index is 12.3. The Balaban J connectivity index is 2.91. The highest BCUT2D eigenvalue weighted by Crippen LogP contribution is 2.22. The van der Waals surface area contributed by atoms with Gasteiger partial charge >= 0.3 is 0 Å². The van der Waals surface area contributed by atoms with Gasteiger partial charge in [-0.05, 0) is 18.9 Å². The standard InChI is InChI=1S/C14H18ClN3O5/c1-4-23-17-14(20)12(8(2)3)16-13(19)10-6-5-9(18(21)22)7-11(10)15/h5-8,12H,4H2,1-3H3,(H,16,19)(H,17,20). The van der Waals surface area contributed by atoms with Crippen LogP contribution < -0.4 is 10.8 Å². The molecule has 0 saturated carbocycles. The predicted octanol–water partition coefficient (Wildman–Crippen LogP) is 2.07. The highest BCUT2D eigenvalue weighted by Gasteiger charge is 2.26. The largest absolute Gasteiger partial charge is 0.340 e. The van der Waals surface area contributed by atoms with Crippen molar-refractivity contribution < 1.29 is 19.3 Å². The van der Waals surface area contributed by atoms with E-state index in [-0.39, 0.29) is 22.2 Å². The third-order valence-corrected chi connectivity index (χ3v) is 3.27. The van der Waals surface area contributed by atoms with Crippen LogP contribution in [-0.4, -0.2) is 29.4 Å². The first-order valence-electron chi connectivity index (χ1n) is 6.94. The SMILES string of the molecule is CCONC(=O)C(NC(=O)c1ccc([N+](=O)[O-])cc1Cl)C(C)C. The van der Waals surface area contributed by atoms with Crippen LogP contribution in [0.3, 0.4) is 0 Å². The molecular formula is C14H18ClN3O5. The first kappa shape index (κ1) is 18.9. The minimum Gasteiger partial charge on any atom is -0.340 e. The molecular weight excluding hydrogens is 326 g/mol. The molecule has 1 aromatic carbocycles. The van der Waals surface area contributed by atoms with Gasteiger partial charge in [-0.3, -0.25) is 24.5 Å². The van der Waals surface area contributed by atoms with Gasteiger partial charge in [0.2, 0.25) is 0 Å². The van der Waals surface area contributed by atoms with Crippen LogP contribution in [0, 0.1) is 16.0 Å². The number of nitro groups is 1. The lowest BCUT2D eigenvalue weighted by Crippen LogP contribution is -2.49. The summed E-state index contributed by atoms with van der Waals surface area (Å²) in [5, 5.41) is 13.2. The van der Waals surface area contributed by atoms with Crippen molar-refractivity contribution in [2.45, 2.75) is 26.8 Å². The topological polar surface area (TPSA) is 111 Å². The average molecular weight is 344 g/mol. The van der Waals surface area contributed by atoms with Gasteiger partial charge in [-0.15, -0.1) is 0 Å². The molecule has 0 aliphatic carbocycles. The highest BCUT2D eigenvalue weighted by molar-refractivity contribution is 6.34. The van der Waals surface area contributed by atoms with E-state index in [1.54, 1.807) is 20.8 Å². The summed E-state index contributed by atoms with van der Waals surface area (Å²) in [6, 6.07) is 2.67. The van der Waals surface area contributed by atoms with Crippen LogP contribution in [0.1, 0.15) is 31.1 Å². The Morgan fingerprint density at radius 2 is 2.04 bits per heavy atom. The number of carbonyl (C=O) groups is 2. The molecule has 0 spiro atoms. The maximum atomic E-state index is 12.3. The molecule has 0 aliphatic heterocycles. The molecule has 23 heavy (non-hydrogen) atoms. The molecule has 1 rings (SSSR count). The number of hydrogen-bond acceptors (Lipinski definition) is 5. The van der Waals surface area contributed by atoms with Gasteiger partial charge in [0.15, 0.2) is 0 Å². The third kappa shape index (κ3) is 5.19. The van der Waals surface area contributed by atoms with Crippen LogP contribution in [0.15, 0.2) is 18.2 Å². The number of nitro benzene ring substituents is 1. The Morgan fingerprint density at radius 3 is 2.52 bits per heavy atom. The molecule has 0 aromatic heterocycles. The minimum absolute atomic E-state index is 0.0483. The summed E-state index contributed by atoms with van der Waals surface area (Å²) >= 11 is 5.90. The molecule has 1 aromatic rings. The number of non-ortho nitro benzene ring substituents is 1. The quantitative estimate of drug-likeness (QED) is 0.581. The van der Waals surface area contributed by atoms with Crippen molar-refractivity contribution in [3.05, 3.63) is 38.9 Å². The van der Waals surface area contributed by atoms with Gasteiger partial charge in [-0.25, -0.2) is 5.48 Å². The summed E-state index contributed by atoms with van der Waals surface area (Å²) in [5.74, 6) is -1.29. The fraction of sp³-hybridized carbons (Fsp3) is 0.429. The summed E-state index contributed by atoms with van der Waals surface area (Å²) < 4.78 is 0. The van der Waals surface area contributed by atoms with E-state index >= 15 is 0 Å². The normalized spacial score (nSPS) is 11.9. The zero-order valence-electron chi connectivity index (χ0n) is 13.0. The molecule has 126 valence electrons. The smallest absolute Gasteiger partial charge is 0.270 e. The van der Waals surface area contributed by atoms with Crippen molar-refractivity contribution in [3.63, 3.8) is 0 Å². The van der Waals surface area contributed by atoms with Crippen LogP contribution in [0.4, 0.5) is 5.69 Å². The van der Waals surface area contributed by atoms with Crippen LogP contribution in [0.2, 0.25) is 5.02 Å². The van der Waals surface area contributed by atoms with E-state index in [0.717, 1.165) is 6.07 Å². The first-order chi connectivity index (χ1) is 10.8. The van der Waals surface area contributed by atoms with E-state index in [2.05, 4.69) is 10.8 Å². The van der Waals surface area contributed by atoms with Crippen molar-refractivity contribution >= 4 is 29.1 Å². The van der Waals surface area contributed by atoms with Gasteiger partial charge in [0.05, 0.1) is 22.1 Å². The monoisotopic (exact) mass is 343 g/mol. The predicted molar refractivity (Wildman–Crippen MR) is 84.0 cm³/mol. The molecule has 0 saturated heterocycles. The minimum atomic E-state index is -0.833. The number of amides is 2. The van der Waals surface area contributed by atoms with Crippen molar-refractivity contribution in [2.24, 2.45) is 5.92 Å². The van der Waals surface area contributed by atoms with E-state index in [0.29, 0.717) is 6.61 Å². The molecule has 9 heteroatoms. The van der Waals surface area contributed by atoms with Crippen LogP contribution in [-0.2, 0) is 9.63 Å². The lowest BCUT2D eigenvalue weighted by atomic mass is 10.0. The molecule has 2 N–H and O–H groups in total. The van der Waals surface area contributed by atoms with E-state index in [9.17, 15) is 19.7 Å². The first-order valence-corrected chi connectivity index (χ1v) is 7.32. The summed E-state index contributed by atoms with van der Waals surface area (Å²) in [6.07, 6.45) is 0. The molecule has 2 amide bonds. The van der Waals surface area contributed by atoms with Crippen molar-refractivity contribution in [2.75, 3.05) is 6.61 Å². The number of rotatable bonds is 7. The van der Waals surface area contributed by atoms with Crippen LogP contribution in [0.5, 0.6) is 0 Å². The summed E-state index contributed by atoms with van der Waals surface area (Å²) in [6.45, 7) is 5.51. The molecule has 1 atom stereocenters. The highest BCUT2D eigenvalue weighted by atomic mass is 35.5. The van der Waals surface area contributed by atoms with E-state index in [1.165, 1.54) is 12.1 Å². The van der Waals surface area contributed by atoms with Crippen molar-refractivity contribution in [3.8, 4) is 0 Å². The fourth-order valence-electron chi connectivity index (χ4n) is 1.76. The Morgan fingerprint density at radius 1 is 1.39 bits per heavy atom. The lowest BCUT2D eigenvalue weighted by Gasteiger charge is -2.21.